The third kappa shape index (κ3) is 7.35. The lowest BCUT2D eigenvalue weighted by Crippen LogP contribution is -2.31. The molecule has 1 amide bonds. The van der Waals surface area contributed by atoms with Crippen molar-refractivity contribution in [3.63, 3.8) is 0 Å². The second-order valence-electron chi connectivity index (χ2n) is 7.31. The van der Waals surface area contributed by atoms with Gasteiger partial charge in [0.15, 0.2) is 0 Å². The lowest BCUT2D eigenvalue weighted by Gasteiger charge is -2.19. The molecule has 0 radical (unpaired) electrons. The first-order chi connectivity index (χ1) is 15.4. The van der Waals surface area contributed by atoms with Crippen LogP contribution in [0.15, 0.2) is 78.7 Å². The lowest BCUT2D eigenvalue weighted by molar-refractivity contribution is 0.102. The highest BCUT2D eigenvalue weighted by Gasteiger charge is 2.22. The van der Waals surface area contributed by atoms with Crippen LogP contribution in [0, 0.1) is 0 Å². The van der Waals surface area contributed by atoms with Gasteiger partial charge in [0.2, 0.25) is 10.0 Å². The fourth-order valence-corrected chi connectivity index (χ4v) is 4.42. The molecule has 6 nitrogen and oxygen atoms in total. The highest BCUT2D eigenvalue weighted by Crippen LogP contribution is 2.20. The SMILES string of the molecule is C=CCN(CC=C)S(=O)(=O)c1ccc(NC(=O)c2ccc(OCCCCCC)cc2)cc1. The number of unbranched alkanes of at least 4 members (excludes halogenated alkanes) is 3. The van der Waals surface area contributed by atoms with E-state index >= 15 is 0 Å². The predicted molar refractivity (Wildman–Crippen MR) is 130 cm³/mol. The Morgan fingerprint density at radius 3 is 2.16 bits per heavy atom. The van der Waals surface area contributed by atoms with E-state index in [1.165, 1.54) is 41.4 Å². The van der Waals surface area contributed by atoms with Gasteiger partial charge in [0.1, 0.15) is 5.75 Å². The maximum absolute atomic E-state index is 12.8. The number of hydrogen-bond acceptors (Lipinski definition) is 4. The van der Waals surface area contributed by atoms with Crippen molar-refractivity contribution in [2.75, 3.05) is 25.0 Å². The summed E-state index contributed by atoms with van der Waals surface area (Å²) in [5.74, 6) is 0.450. The van der Waals surface area contributed by atoms with Gasteiger partial charge in [-0.15, -0.1) is 13.2 Å². The quantitative estimate of drug-likeness (QED) is 0.311. The number of carbonyl (C=O) groups is 1. The van der Waals surface area contributed by atoms with Crippen molar-refractivity contribution in [3.05, 3.63) is 79.4 Å². The molecule has 7 heteroatoms. The maximum Gasteiger partial charge on any atom is 0.255 e. The van der Waals surface area contributed by atoms with E-state index in [-0.39, 0.29) is 23.9 Å². The third-order valence-corrected chi connectivity index (χ3v) is 6.64. The number of sulfonamides is 1. The third-order valence-electron chi connectivity index (χ3n) is 4.80. The summed E-state index contributed by atoms with van der Waals surface area (Å²) in [4.78, 5) is 12.7. The van der Waals surface area contributed by atoms with Crippen molar-refractivity contribution in [3.8, 4) is 5.75 Å². The molecule has 0 aromatic heterocycles. The molecule has 0 spiro atoms. The summed E-state index contributed by atoms with van der Waals surface area (Å²) in [7, 11) is -3.68. The zero-order valence-electron chi connectivity index (χ0n) is 18.6. The molecule has 0 saturated carbocycles. The van der Waals surface area contributed by atoms with Gasteiger partial charge in [0.25, 0.3) is 5.91 Å². The Morgan fingerprint density at radius 1 is 0.969 bits per heavy atom. The van der Waals surface area contributed by atoms with E-state index in [9.17, 15) is 13.2 Å². The van der Waals surface area contributed by atoms with Crippen LogP contribution in [-0.4, -0.2) is 38.3 Å². The van der Waals surface area contributed by atoms with E-state index in [0.717, 1.165) is 18.6 Å². The van der Waals surface area contributed by atoms with Gasteiger partial charge in [-0.25, -0.2) is 8.42 Å². The van der Waals surface area contributed by atoms with Crippen LogP contribution in [0.4, 0.5) is 5.69 Å². The standard InChI is InChI=1S/C25H32N2O4S/c1-4-7-8-9-20-31-23-14-10-21(11-15-23)25(28)26-22-12-16-24(17-13-22)32(29,30)27(18-5-2)19-6-3/h5-6,10-17H,2-4,7-9,18-20H2,1H3,(H,26,28). The molecule has 2 aromatic carbocycles. The van der Waals surface area contributed by atoms with Gasteiger partial charge in [0, 0.05) is 24.3 Å². The number of benzene rings is 2. The van der Waals surface area contributed by atoms with Crippen LogP contribution in [0.1, 0.15) is 43.0 Å². The number of ether oxygens (including phenoxy) is 1. The smallest absolute Gasteiger partial charge is 0.255 e. The van der Waals surface area contributed by atoms with Crippen LogP contribution in [0.25, 0.3) is 0 Å². The summed E-state index contributed by atoms with van der Waals surface area (Å²) in [5, 5.41) is 2.78. The highest BCUT2D eigenvalue weighted by molar-refractivity contribution is 7.89. The zero-order valence-corrected chi connectivity index (χ0v) is 19.4. The molecule has 2 aromatic rings. The number of anilines is 1. The van der Waals surface area contributed by atoms with Crippen LogP contribution in [0.2, 0.25) is 0 Å². The average Bonchev–Trinajstić information content (AvgIpc) is 2.79. The molecule has 0 bridgehead atoms. The van der Waals surface area contributed by atoms with Crippen LogP contribution in [0.3, 0.4) is 0 Å². The molecule has 1 N–H and O–H groups in total. The second kappa shape index (κ2) is 12.8. The van der Waals surface area contributed by atoms with Gasteiger partial charge >= 0.3 is 0 Å². The number of amides is 1. The first-order valence-corrected chi connectivity index (χ1v) is 12.2. The van der Waals surface area contributed by atoms with Crippen LogP contribution in [-0.2, 0) is 10.0 Å². The summed E-state index contributed by atoms with van der Waals surface area (Å²) in [5.41, 5.74) is 0.993. The average molecular weight is 457 g/mol. The van der Waals surface area contributed by atoms with Crippen LogP contribution in [0.5, 0.6) is 5.75 Å². The van der Waals surface area contributed by atoms with Crippen molar-refractivity contribution in [1.29, 1.82) is 0 Å². The maximum atomic E-state index is 12.8. The van der Waals surface area contributed by atoms with Crippen molar-refractivity contribution in [2.45, 2.75) is 37.5 Å². The van der Waals surface area contributed by atoms with Crippen LogP contribution >= 0.6 is 0 Å². The molecule has 0 fully saturated rings. The highest BCUT2D eigenvalue weighted by atomic mass is 32.2. The predicted octanol–water partition coefficient (Wildman–Crippen LogP) is 5.26. The Bertz CT molecular complexity index is 974. The second-order valence-corrected chi connectivity index (χ2v) is 9.25. The topological polar surface area (TPSA) is 75.7 Å². The van der Waals surface area contributed by atoms with Crippen molar-refractivity contribution in [1.82, 2.24) is 4.31 Å². The van der Waals surface area contributed by atoms with Gasteiger partial charge in [-0.2, -0.15) is 4.31 Å². The zero-order chi connectivity index (χ0) is 23.4. The summed E-state index contributed by atoms with van der Waals surface area (Å²) in [6.07, 6.45) is 7.61. The molecular weight excluding hydrogens is 424 g/mol. The Hall–Kier alpha value is -2.90. The normalized spacial score (nSPS) is 11.2. The molecule has 32 heavy (non-hydrogen) atoms. The first kappa shape index (κ1) is 25.4. The molecule has 0 heterocycles. The first-order valence-electron chi connectivity index (χ1n) is 10.8. The Labute approximate surface area is 191 Å². The Morgan fingerprint density at radius 2 is 1.59 bits per heavy atom. The van der Waals surface area contributed by atoms with E-state index in [1.807, 2.05) is 0 Å². The molecule has 0 aliphatic rings. The molecule has 0 aliphatic heterocycles. The number of nitrogens with zero attached hydrogens (tertiary/aromatic N) is 1. The molecule has 172 valence electrons. The van der Waals surface area contributed by atoms with Gasteiger partial charge in [-0.1, -0.05) is 38.3 Å². The molecule has 0 unspecified atom stereocenters. The Kier molecular flexibility index (Phi) is 10.2. The van der Waals surface area contributed by atoms with E-state index in [2.05, 4.69) is 25.4 Å². The minimum Gasteiger partial charge on any atom is -0.494 e. The van der Waals surface area contributed by atoms with Gasteiger partial charge in [0.05, 0.1) is 11.5 Å². The van der Waals surface area contributed by atoms with E-state index in [1.54, 1.807) is 36.4 Å². The largest absolute Gasteiger partial charge is 0.494 e. The van der Waals surface area contributed by atoms with Crippen molar-refractivity contribution >= 4 is 21.6 Å². The summed E-state index contributed by atoms with van der Waals surface area (Å²) >= 11 is 0. The van der Waals surface area contributed by atoms with E-state index < -0.39 is 10.0 Å². The van der Waals surface area contributed by atoms with Crippen molar-refractivity contribution < 1.29 is 17.9 Å². The number of hydrogen-bond donors (Lipinski definition) is 1. The number of rotatable bonds is 14. The summed E-state index contributed by atoms with van der Waals surface area (Å²) in [6.45, 7) is 10.4. The van der Waals surface area contributed by atoms with Gasteiger partial charge < -0.3 is 10.1 Å². The minimum absolute atomic E-state index is 0.139. The number of nitrogens with one attached hydrogen (secondary N) is 1. The molecule has 0 saturated heterocycles. The van der Waals surface area contributed by atoms with Gasteiger partial charge in [-0.05, 0) is 55.0 Å². The molecular formula is C25H32N2O4S. The molecule has 0 aliphatic carbocycles. The number of carbonyl (C=O) groups excluding carboxylic acids is 1. The molecule has 2 rings (SSSR count). The van der Waals surface area contributed by atoms with E-state index in [0.29, 0.717) is 17.9 Å². The van der Waals surface area contributed by atoms with Crippen molar-refractivity contribution in [2.24, 2.45) is 0 Å². The Balaban J connectivity index is 1.97. The lowest BCUT2D eigenvalue weighted by atomic mass is 10.2. The summed E-state index contributed by atoms with van der Waals surface area (Å²) in [6, 6.07) is 13.0. The molecule has 0 atom stereocenters. The summed E-state index contributed by atoms with van der Waals surface area (Å²) < 4.78 is 32.5. The fraction of sp³-hybridized carbons (Fsp3) is 0.320. The minimum atomic E-state index is -3.68. The monoisotopic (exact) mass is 456 g/mol. The van der Waals surface area contributed by atoms with E-state index in [4.69, 9.17) is 4.74 Å². The fourth-order valence-electron chi connectivity index (χ4n) is 3.04. The van der Waals surface area contributed by atoms with Gasteiger partial charge in [-0.3, -0.25) is 4.79 Å². The van der Waals surface area contributed by atoms with Crippen LogP contribution < -0.4 is 10.1 Å².